The van der Waals surface area contributed by atoms with E-state index in [1.54, 1.807) is 14.2 Å². The van der Waals surface area contributed by atoms with E-state index in [-0.39, 0.29) is 5.97 Å². The highest BCUT2D eigenvalue weighted by atomic mass is 16.5. The Labute approximate surface area is 132 Å². The predicted molar refractivity (Wildman–Crippen MR) is 84.2 cm³/mol. The van der Waals surface area contributed by atoms with Crippen LogP contribution in [0.2, 0.25) is 0 Å². The number of methoxy groups -OCH3 is 2. The first kappa shape index (κ1) is 16.6. The number of piperidine rings is 1. The van der Waals surface area contributed by atoms with Gasteiger partial charge in [0, 0.05) is 19.0 Å². The van der Waals surface area contributed by atoms with Crippen molar-refractivity contribution in [2.75, 3.05) is 33.9 Å². The first-order chi connectivity index (χ1) is 10.6. The summed E-state index contributed by atoms with van der Waals surface area (Å²) in [4.78, 5) is 13.3. The van der Waals surface area contributed by atoms with Gasteiger partial charge >= 0.3 is 5.97 Å². The van der Waals surface area contributed by atoms with Crippen molar-refractivity contribution in [1.82, 2.24) is 4.90 Å². The molecular weight excluding hydrogens is 282 g/mol. The van der Waals surface area contributed by atoms with Gasteiger partial charge < -0.3 is 14.2 Å². The third-order valence-electron chi connectivity index (χ3n) is 4.11. The van der Waals surface area contributed by atoms with Crippen LogP contribution in [-0.2, 0) is 16.1 Å². The first-order valence-corrected chi connectivity index (χ1v) is 7.69. The molecule has 122 valence electrons. The lowest BCUT2D eigenvalue weighted by Crippen LogP contribution is -2.35. The smallest absolute Gasteiger partial charge is 0.302 e. The summed E-state index contributed by atoms with van der Waals surface area (Å²) in [5.41, 5.74) is 1.14. The minimum absolute atomic E-state index is 0.191. The molecule has 0 aromatic heterocycles. The van der Waals surface area contributed by atoms with Crippen molar-refractivity contribution in [3.8, 4) is 11.5 Å². The minimum atomic E-state index is -0.191. The number of hydrogen-bond donors (Lipinski definition) is 0. The van der Waals surface area contributed by atoms with E-state index in [0.29, 0.717) is 12.5 Å². The van der Waals surface area contributed by atoms with Gasteiger partial charge in [0.15, 0.2) is 11.5 Å². The molecule has 0 amide bonds. The zero-order valence-corrected chi connectivity index (χ0v) is 13.6. The van der Waals surface area contributed by atoms with Gasteiger partial charge in [-0.3, -0.25) is 9.69 Å². The number of carbonyl (C=O) groups excluding carboxylic acids is 1. The van der Waals surface area contributed by atoms with Crippen molar-refractivity contribution in [1.29, 1.82) is 0 Å². The Morgan fingerprint density at radius 2 is 1.95 bits per heavy atom. The number of likely N-dealkylation sites (tertiary alicyclic amines) is 1. The van der Waals surface area contributed by atoms with Crippen LogP contribution >= 0.6 is 0 Å². The number of ether oxygens (including phenoxy) is 3. The molecule has 0 unspecified atom stereocenters. The second-order valence-corrected chi connectivity index (χ2v) is 5.67. The molecule has 0 radical (unpaired) electrons. The Balaban J connectivity index is 1.89. The van der Waals surface area contributed by atoms with Crippen molar-refractivity contribution in [3.05, 3.63) is 23.8 Å². The summed E-state index contributed by atoms with van der Waals surface area (Å²) in [5, 5.41) is 0. The maximum Gasteiger partial charge on any atom is 0.302 e. The van der Waals surface area contributed by atoms with Crippen LogP contribution in [0.4, 0.5) is 0 Å². The van der Waals surface area contributed by atoms with Crippen LogP contribution in [-0.4, -0.2) is 44.8 Å². The summed E-state index contributed by atoms with van der Waals surface area (Å²) in [5.74, 6) is 1.87. The molecule has 1 fully saturated rings. The number of nitrogens with zero attached hydrogens (tertiary/aromatic N) is 1. The molecule has 0 spiro atoms. The van der Waals surface area contributed by atoms with Crippen LogP contribution in [0.5, 0.6) is 11.5 Å². The molecule has 1 saturated heterocycles. The highest BCUT2D eigenvalue weighted by Crippen LogP contribution is 2.32. The fraction of sp³-hybridized carbons (Fsp3) is 0.588. The Kier molecular flexibility index (Phi) is 6.07. The third kappa shape index (κ3) is 4.37. The molecule has 0 N–H and O–H groups in total. The van der Waals surface area contributed by atoms with Gasteiger partial charge in [-0.1, -0.05) is 12.1 Å². The number of benzene rings is 1. The van der Waals surface area contributed by atoms with Crippen LogP contribution in [0.25, 0.3) is 0 Å². The fourth-order valence-corrected chi connectivity index (χ4v) is 2.87. The van der Waals surface area contributed by atoms with E-state index in [2.05, 4.69) is 11.0 Å². The molecule has 0 saturated carbocycles. The molecule has 0 aliphatic carbocycles. The molecule has 5 heteroatoms. The SMILES string of the molecule is COc1cccc(CN2CCC(COC(C)=O)CC2)c1OC. The lowest BCUT2D eigenvalue weighted by atomic mass is 9.97. The Morgan fingerprint density at radius 1 is 1.23 bits per heavy atom. The van der Waals surface area contributed by atoms with Gasteiger partial charge in [0.1, 0.15) is 0 Å². The van der Waals surface area contributed by atoms with Crippen LogP contribution in [0.1, 0.15) is 25.3 Å². The second-order valence-electron chi connectivity index (χ2n) is 5.67. The fourth-order valence-electron chi connectivity index (χ4n) is 2.87. The highest BCUT2D eigenvalue weighted by molar-refractivity contribution is 5.65. The van der Waals surface area contributed by atoms with Crippen LogP contribution in [0.3, 0.4) is 0 Å². The van der Waals surface area contributed by atoms with E-state index in [1.807, 2.05) is 12.1 Å². The number of hydrogen-bond acceptors (Lipinski definition) is 5. The number of rotatable bonds is 6. The zero-order chi connectivity index (χ0) is 15.9. The van der Waals surface area contributed by atoms with Gasteiger partial charge in [-0.15, -0.1) is 0 Å². The van der Waals surface area contributed by atoms with Crippen LogP contribution < -0.4 is 9.47 Å². The van der Waals surface area contributed by atoms with Crippen LogP contribution in [0.15, 0.2) is 18.2 Å². The molecule has 1 aliphatic rings. The van der Waals surface area contributed by atoms with E-state index in [9.17, 15) is 4.79 Å². The third-order valence-corrected chi connectivity index (χ3v) is 4.11. The zero-order valence-electron chi connectivity index (χ0n) is 13.6. The average Bonchev–Trinajstić information content (AvgIpc) is 2.53. The second kappa shape index (κ2) is 8.03. The van der Waals surface area contributed by atoms with Crippen molar-refractivity contribution in [2.45, 2.75) is 26.3 Å². The largest absolute Gasteiger partial charge is 0.493 e. The molecule has 5 nitrogen and oxygen atoms in total. The summed E-state index contributed by atoms with van der Waals surface area (Å²) in [6.07, 6.45) is 2.11. The van der Waals surface area contributed by atoms with Gasteiger partial charge in [-0.05, 0) is 37.9 Å². The first-order valence-electron chi connectivity index (χ1n) is 7.69. The molecule has 1 aromatic rings. The molecular formula is C17H25NO4. The molecule has 1 aliphatic heterocycles. The molecule has 2 rings (SSSR count). The van der Waals surface area contributed by atoms with Crippen molar-refractivity contribution < 1.29 is 19.0 Å². The number of esters is 1. The van der Waals surface area contributed by atoms with E-state index >= 15 is 0 Å². The molecule has 0 bridgehead atoms. The molecule has 22 heavy (non-hydrogen) atoms. The van der Waals surface area contributed by atoms with E-state index in [1.165, 1.54) is 6.92 Å². The van der Waals surface area contributed by atoms with Gasteiger partial charge in [0.2, 0.25) is 0 Å². The summed E-state index contributed by atoms with van der Waals surface area (Å²) in [7, 11) is 3.33. The van der Waals surface area contributed by atoms with Crippen LogP contribution in [0, 0.1) is 5.92 Å². The molecule has 1 aromatic carbocycles. The standard InChI is InChI=1S/C17H25NO4/c1-13(19)22-12-14-7-9-18(10-8-14)11-15-5-4-6-16(20-2)17(15)21-3/h4-6,14H,7-12H2,1-3H3. The van der Waals surface area contributed by atoms with Gasteiger partial charge in [0.05, 0.1) is 20.8 Å². The predicted octanol–water partition coefficient (Wildman–Crippen LogP) is 2.48. The lowest BCUT2D eigenvalue weighted by Gasteiger charge is -2.32. The summed E-state index contributed by atoms with van der Waals surface area (Å²) < 4.78 is 15.9. The average molecular weight is 307 g/mol. The maximum atomic E-state index is 10.9. The Hall–Kier alpha value is -1.75. The lowest BCUT2D eigenvalue weighted by molar-refractivity contribution is -0.142. The summed E-state index contributed by atoms with van der Waals surface area (Å²) >= 11 is 0. The van der Waals surface area contributed by atoms with E-state index in [4.69, 9.17) is 14.2 Å². The van der Waals surface area contributed by atoms with Crippen molar-refractivity contribution in [3.63, 3.8) is 0 Å². The maximum absolute atomic E-state index is 10.9. The van der Waals surface area contributed by atoms with E-state index < -0.39 is 0 Å². The highest BCUT2D eigenvalue weighted by Gasteiger charge is 2.21. The topological polar surface area (TPSA) is 48.0 Å². The summed E-state index contributed by atoms with van der Waals surface area (Å²) in [6.45, 7) is 4.87. The molecule has 0 atom stereocenters. The van der Waals surface area contributed by atoms with Gasteiger partial charge in [-0.2, -0.15) is 0 Å². The minimum Gasteiger partial charge on any atom is -0.493 e. The molecule has 1 heterocycles. The number of carbonyl (C=O) groups is 1. The van der Waals surface area contributed by atoms with Gasteiger partial charge in [-0.25, -0.2) is 0 Å². The quantitative estimate of drug-likeness (QED) is 0.756. The van der Waals surface area contributed by atoms with Crippen molar-refractivity contribution >= 4 is 5.97 Å². The Bertz CT molecular complexity index is 495. The Morgan fingerprint density at radius 3 is 2.55 bits per heavy atom. The van der Waals surface area contributed by atoms with Gasteiger partial charge in [0.25, 0.3) is 0 Å². The van der Waals surface area contributed by atoms with Crippen molar-refractivity contribution in [2.24, 2.45) is 5.92 Å². The van der Waals surface area contributed by atoms with E-state index in [0.717, 1.165) is 49.5 Å². The monoisotopic (exact) mass is 307 g/mol. The normalized spacial score (nSPS) is 16.3. The number of para-hydroxylation sites is 1. The summed E-state index contributed by atoms with van der Waals surface area (Å²) in [6, 6.07) is 5.98.